The number of amides is 1. The minimum absolute atomic E-state index is 0.285. The van der Waals surface area contributed by atoms with Gasteiger partial charge in [-0.2, -0.15) is 0 Å². The van der Waals surface area contributed by atoms with E-state index in [1.165, 1.54) is 11.3 Å². The van der Waals surface area contributed by atoms with E-state index in [2.05, 4.69) is 10.2 Å². The Bertz CT molecular complexity index is 1290. The molecule has 1 amide bonds. The van der Waals surface area contributed by atoms with E-state index in [0.29, 0.717) is 64.5 Å². The number of nitrogens with zero attached hydrogens (tertiary/aromatic N) is 3. The number of carbonyl (C=O) groups is 1. The van der Waals surface area contributed by atoms with Crippen LogP contribution >= 0.6 is 11.3 Å². The second-order valence-corrected chi connectivity index (χ2v) is 8.54. The highest BCUT2D eigenvalue weighted by molar-refractivity contribution is 7.21. The van der Waals surface area contributed by atoms with Crippen molar-refractivity contribution in [2.75, 3.05) is 49.4 Å². The van der Waals surface area contributed by atoms with Gasteiger partial charge >= 0.3 is 0 Å². The molecule has 0 atom stereocenters. The van der Waals surface area contributed by atoms with Crippen LogP contribution in [0.5, 0.6) is 5.75 Å². The molecule has 1 aliphatic rings. The van der Waals surface area contributed by atoms with E-state index < -0.39 is 0 Å². The summed E-state index contributed by atoms with van der Waals surface area (Å²) in [6.45, 7) is 2.69. The molecule has 1 saturated heterocycles. The first-order chi connectivity index (χ1) is 16.1. The van der Waals surface area contributed by atoms with Crippen LogP contribution in [-0.4, -0.2) is 49.3 Å². The summed E-state index contributed by atoms with van der Waals surface area (Å²) in [6.07, 6.45) is 0. The van der Waals surface area contributed by atoms with Gasteiger partial charge in [-0.25, -0.2) is 9.97 Å². The van der Waals surface area contributed by atoms with Crippen molar-refractivity contribution in [2.24, 2.45) is 0 Å². The molecule has 4 aromatic rings. The van der Waals surface area contributed by atoms with Crippen LogP contribution in [0, 0.1) is 0 Å². The van der Waals surface area contributed by atoms with Gasteiger partial charge in [-0.15, -0.1) is 11.3 Å². The normalized spacial score (nSPS) is 13.8. The van der Waals surface area contributed by atoms with Crippen molar-refractivity contribution in [2.45, 2.75) is 0 Å². The number of hydrogen-bond acceptors (Lipinski definition) is 8. The van der Waals surface area contributed by atoms with Gasteiger partial charge in [0, 0.05) is 24.3 Å². The number of anilines is 3. The number of ether oxygens (including phenoxy) is 2. The number of thiophene rings is 1. The summed E-state index contributed by atoms with van der Waals surface area (Å²) >= 11 is 1.28. The highest BCUT2D eigenvalue weighted by Gasteiger charge is 2.24. The first-order valence-electron chi connectivity index (χ1n) is 10.6. The molecule has 1 aliphatic heterocycles. The summed E-state index contributed by atoms with van der Waals surface area (Å²) in [5, 5.41) is 3.61. The minimum Gasteiger partial charge on any atom is -0.497 e. The molecule has 0 saturated carbocycles. The van der Waals surface area contributed by atoms with Gasteiger partial charge in [0.1, 0.15) is 15.5 Å². The van der Waals surface area contributed by atoms with Gasteiger partial charge in [-0.05, 0) is 24.3 Å². The van der Waals surface area contributed by atoms with Crippen molar-refractivity contribution in [1.29, 1.82) is 0 Å². The fourth-order valence-electron chi connectivity index (χ4n) is 3.75. The second kappa shape index (κ2) is 9.05. The second-order valence-electron chi connectivity index (χ2n) is 7.55. The Morgan fingerprint density at radius 1 is 1.09 bits per heavy atom. The summed E-state index contributed by atoms with van der Waals surface area (Å²) in [5.74, 6) is 1.05. The number of rotatable bonds is 5. The van der Waals surface area contributed by atoms with Crippen molar-refractivity contribution in [3.63, 3.8) is 0 Å². The Hall–Kier alpha value is -3.69. The number of aromatic nitrogens is 2. The standard InChI is InChI=1S/C24H23N5O3S/c1-31-17-9-7-16(8-10-17)26-22(30)21-19(25)18-20(15-5-3-2-4-6-15)27-24(28-23(18)33-21)29-11-13-32-14-12-29/h2-10H,11-14,25H2,1H3,(H,26,30). The zero-order valence-electron chi connectivity index (χ0n) is 18.1. The summed E-state index contributed by atoms with van der Waals surface area (Å²) in [5.41, 5.74) is 9.20. The molecule has 168 valence electrons. The first kappa shape index (κ1) is 21.2. The highest BCUT2D eigenvalue weighted by atomic mass is 32.1. The number of methoxy groups -OCH3 is 1. The number of nitrogens with two attached hydrogens (primary N) is 1. The molecule has 3 heterocycles. The third-order valence-corrected chi connectivity index (χ3v) is 6.57. The lowest BCUT2D eigenvalue weighted by Gasteiger charge is -2.27. The molecule has 0 unspecified atom stereocenters. The van der Waals surface area contributed by atoms with Crippen molar-refractivity contribution in [1.82, 2.24) is 9.97 Å². The van der Waals surface area contributed by atoms with E-state index in [1.807, 2.05) is 30.3 Å². The Morgan fingerprint density at radius 3 is 2.52 bits per heavy atom. The number of carbonyl (C=O) groups excluding carboxylic acids is 1. The van der Waals surface area contributed by atoms with Crippen molar-refractivity contribution in [3.8, 4) is 17.0 Å². The molecular formula is C24H23N5O3S. The predicted molar refractivity (Wildman–Crippen MR) is 131 cm³/mol. The van der Waals surface area contributed by atoms with Crippen LogP contribution in [-0.2, 0) is 4.74 Å². The third kappa shape index (κ3) is 4.20. The van der Waals surface area contributed by atoms with Crippen molar-refractivity contribution < 1.29 is 14.3 Å². The molecule has 0 bridgehead atoms. The van der Waals surface area contributed by atoms with Crippen LogP contribution in [0.3, 0.4) is 0 Å². The topological polar surface area (TPSA) is 103 Å². The Kier molecular flexibility index (Phi) is 5.80. The largest absolute Gasteiger partial charge is 0.497 e. The summed E-state index contributed by atoms with van der Waals surface area (Å²) in [6, 6.07) is 17.0. The fourth-order valence-corrected chi connectivity index (χ4v) is 4.74. The van der Waals surface area contributed by atoms with E-state index in [4.69, 9.17) is 25.2 Å². The number of nitrogen functional groups attached to an aromatic ring is 1. The molecule has 33 heavy (non-hydrogen) atoms. The van der Waals surface area contributed by atoms with E-state index in [-0.39, 0.29) is 5.91 Å². The smallest absolute Gasteiger partial charge is 0.267 e. The lowest BCUT2D eigenvalue weighted by Crippen LogP contribution is -2.37. The molecule has 0 radical (unpaired) electrons. The van der Waals surface area contributed by atoms with Crippen LogP contribution in [0.1, 0.15) is 9.67 Å². The van der Waals surface area contributed by atoms with Gasteiger partial charge in [0.05, 0.1) is 37.1 Å². The van der Waals surface area contributed by atoms with E-state index >= 15 is 0 Å². The zero-order chi connectivity index (χ0) is 22.8. The van der Waals surface area contributed by atoms with Gasteiger partial charge in [0.2, 0.25) is 5.95 Å². The molecular weight excluding hydrogens is 438 g/mol. The maximum Gasteiger partial charge on any atom is 0.267 e. The number of benzene rings is 2. The van der Waals surface area contributed by atoms with Crippen LogP contribution in [0.4, 0.5) is 17.3 Å². The average molecular weight is 462 g/mol. The monoisotopic (exact) mass is 461 g/mol. The van der Waals surface area contributed by atoms with Gasteiger partial charge in [0.15, 0.2) is 0 Å². The van der Waals surface area contributed by atoms with Gasteiger partial charge in [-0.3, -0.25) is 4.79 Å². The zero-order valence-corrected chi connectivity index (χ0v) is 18.9. The van der Waals surface area contributed by atoms with Crippen LogP contribution in [0.25, 0.3) is 21.5 Å². The molecule has 9 heteroatoms. The Labute approximate surface area is 195 Å². The molecule has 2 aromatic carbocycles. The number of fused-ring (bicyclic) bond motifs is 1. The third-order valence-electron chi connectivity index (χ3n) is 5.47. The first-order valence-corrected chi connectivity index (χ1v) is 11.4. The van der Waals surface area contributed by atoms with Crippen molar-refractivity contribution >= 4 is 44.8 Å². The van der Waals surface area contributed by atoms with Crippen molar-refractivity contribution in [3.05, 3.63) is 59.5 Å². The molecule has 8 nitrogen and oxygen atoms in total. The Morgan fingerprint density at radius 2 is 1.82 bits per heavy atom. The number of morpholine rings is 1. The predicted octanol–water partition coefficient (Wildman–Crippen LogP) is 4.04. The fraction of sp³-hybridized carbons (Fsp3) is 0.208. The summed E-state index contributed by atoms with van der Waals surface area (Å²) < 4.78 is 10.7. The molecule has 3 N–H and O–H groups in total. The maximum absolute atomic E-state index is 13.1. The summed E-state index contributed by atoms with van der Waals surface area (Å²) in [7, 11) is 1.60. The lowest BCUT2D eigenvalue weighted by atomic mass is 10.1. The van der Waals surface area contributed by atoms with Crippen LogP contribution in [0.15, 0.2) is 54.6 Å². The lowest BCUT2D eigenvalue weighted by molar-refractivity contribution is 0.103. The Balaban J connectivity index is 1.57. The van der Waals surface area contributed by atoms with Gasteiger partial charge < -0.3 is 25.4 Å². The maximum atomic E-state index is 13.1. The quantitative estimate of drug-likeness (QED) is 0.462. The SMILES string of the molecule is COc1ccc(NC(=O)c2sc3nc(N4CCOCC4)nc(-c4ccccc4)c3c2N)cc1. The van der Waals surface area contributed by atoms with E-state index in [9.17, 15) is 4.79 Å². The minimum atomic E-state index is -0.285. The average Bonchev–Trinajstić information content (AvgIpc) is 3.21. The number of hydrogen-bond donors (Lipinski definition) is 2. The van der Waals surface area contributed by atoms with Gasteiger partial charge in [-0.1, -0.05) is 30.3 Å². The molecule has 5 rings (SSSR count). The highest BCUT2D eigenvalue weighted by Crippen LogP contribution is 2.39. The van der Waals surface area contributed by atoms with E-state index in [0.717, 1.165) is 11.3 Å². The molecule has 2 aromatic heterocycles. The van der Waals surface area contributed by atoms with Crippen LogP contribution < -0.4 is 20.7 Å². The van der Waals surface area contributed by atoms with Gasteiger partial charge in [0.25, 0.3) is 5.91 Å². The number of nitrogens with one attached hydrogen (secondary N) is 1. The van der Waals surface area contributed by atoms with Crippen LogP contribution in [0.2, 0.25) is 0 Å². The summed E-state index contributed by atoms with van der Waals surface area (Å²) in [4.78, 5) is 25.9. The molecule has 0 aliphatic carbocycles. The molecule has 0 spiro atoms. The van der Waals surface area contributed by atoms with E-state index in [1.54, 1.807) is 31.4 Å². The molecule has 1 fully saturated rings.